The van der Waals surface area contributed by atoms with Crippen molar-refractivity contribution in [3.05, 3.63) is 18.0 Å². The van der Waals surface area contributed by atoms with Crippen LogP contribution in [0.5, 0.6) is 0 Å². The quantitative estimate of drug-likeness (QED) is 0.788. The van der Waals surface area contributed by atoms with Gasteiger partial charge in [0.1, 0.15) is 0 Å². The summed E-state index contributed by atoms with van der Waals surface area (Å²) in [5, 5.41) is 9.83. The van der Waals surface area contributed by atoms with E-state index in [-0.39, 0.29) is 5.91 Å². The molecule has 1 amide bonds. The molecule has 16 heavy (non-hydrogen) atoms. The van der Waals surface area contributed by atoms with Crippen LogP contribution in [0.3, 0.4) is 0 Å². The molecule has 2 heterocycles. The van der Waals surface area contributed by atoms with Gasteiger partial charge in [-0.05, 0) is 26.3 Å². The molecule has 2 rings (SSSR count). The lowest BCUT2D eigenvalue weighted by atomic mass is 10.1. The monoisotopic (exact) mass is 222 g/mol. The van der Waals surface area contributed by atoms with Crippen LogP contribution in [0.15, 0.2) is 12.4 Å². The highest BCUT2D eigenvalue weighted by atomic mass is 16.2. The fraction of sp³-hybridized carbons (Fsp3) is 0.636. The van der Waals surface area contributed by atoms with Crippen LogP contribution in [-0.4, -0.2) is 46.7 Å². The van der Waals surface area contributed by atoms with E-state index in [1.165, 1.54) is 0 Å². The highest BCUT2D eigenvalue weighted by Gasteiger charge is 2.25. The van der Waals surface area contributed by atoms with Gasteiger partial charge in [0, 0.05) is 25.3 Å². The summed E-state index contributed by atoms with van der Waals surface area (Å²) in [5.74, 6) is 0.0740. The normalized spacial score (nSPS) is 20.7. The third-order valence-electron chi connectivity index (χ3n) is 3.06. The van der Waals surface area contributed by atoms with Crippen LogP contribution < -0.4 is 5.32 Å². The fourth-order valence-electron chi connectivity index (χ4n) is 2.20. The van der Waals surface area contributed by atoms with E-state index in [9.17, 15) is 4.79 Å². The van der Waals surface area contributed by atoms with Gasteiger partial charge in [-0.1, -0.05) is 0 Å². The Kier molecular flexibility index (Phi) is 3.56. The Morgan fingerprint density at radius 2 is 2.56 bits per heavy atom. The first kappa shape index (κ1) is 11.1. The second-order valence-electron chi connectivity index (χ2n) is 4.08. The highest BCUT2D eigenvalue weighted by Crippen LogP contribution is 2.13. The maximum Gasteiger partial charge on any atom is 0.257 e. The molecule has 0 spiro atoms. The molecule has 1 aromatic rings. The first-order valence-electron chi connectivity index (χ1n) is 5.83. The van der Waals surface area contributed by atoms with Crippen LogP contribution in [-0.2, 0) is 0 Å². The van der Waals surface area contributed by atoms with Crippen LogP contribution >= 0.6 is 0 Å². The number of H-pyrrole nitrogens is 1. The second kappa shape index (κ2) is 5.12. The van der Waals surface area contributed by atoms with Crippen LogP contribution in [0.25, 0.3) is 0 Å². The van der Waals surface area contributed by atoms with Gasteiger partial charge in [-0.15, -0.1) is 0 Å². The number of aromatic amines is 1. The van der Waals surface area contributed by atoms with Gasteiger partial charge in [-0.25, -0.2) is 0 Å². The minimum atomic E-state index is 0.0740. The molecular weight excluding hydrogens is 204 g/mol. The van der Waals surface area contributed by atoms with Crippen molar-refractivity contribution in [3.8, 4) is 0 Å². The molecular formula is C11H18N4O. The number of nitrogens with zero attached hydrogens (tertiary/aromatic N) is 2. The summed E-state index contributed by atoms with van der Waals surface area (Å²) in [6.07, 6.45) is 5.47. The van der Waals surface area contributed by atoms with Crippen molar-refractivity contribution in [2.24, 2.45) is 0 Å². The molecule has 1 aromatic heterocycles. The van der Waals surface area contributed by atoms with Crippen molar-refractivity contribution >= 4 is 5.91 Å². The third-order valence-corrected chi connectivity index (χ3v) is 3.06. The van der Waals surface area contributed by atoms with Gasteiger partial charge < -0.3 is 10.2 Å². The number of aromatic nitrogens is 2. The fourth-order valence-corrected chi connectivity index (χ4v) is 2.20. The summed E-state index contributed by atoms with van der Waals surface area (Å²) < 4.78 is 0. The third kappa shape index (κ3) is 2.24. The molecule has 1 atom stereocenters. The summed E-state index contributed by atoms with van der Waals surface area (Å²) in [7, 11) is 0. The van der Waals surface area contributed by atoms with E-state index in [2.05, 4.69) is 15.5 Å². The molecule has 5 nitrogen and oxygen atoms in total. The predicted octanol–water partition coefficient (Wildman–Crippen LogP) is 0.624. The van der Waals surface area contributed by atoms with Gasteiger partial charge in [-0.2, -0.15) is 5.10 Å². The van der Waals surface area contributed by atoms with Crippen LogP contribution in [0.1, 0.15) is 30.1 Å². The van der Waals surface area contributed by atoms with Gasteiger partial charge in [0.25, 0.3) is 5.91 Å². The van der Waals surface area contributed by atoms with E-state index < -0.39 is 0 Å². The van der Waals surface area contributed by atoms with E-state index in [4.69, 9.17) is 0 Å². The molecule has 1 aliphatic heterocycles. The van der Waals surface area contributed by atoms with Crippen molar-refractivity contribution in [1.82, 2.24) is 20.4 Å². The first-order valence-corrected chi connectivity index (χ1v) is 5.83. The summed E-state index contributed by atoms with van der Waals surface area (Å²) in [6.45, 7) is 4.73. The smallest absolute Gasteiger partial charge is 0.257 e. The highest BCUT2D eigenvalue weighted by molar-refractivity contribution is 5.93. The van der Waals surface area contributed by atoms with E-state index in [1.54, 1.807) is 12.4 Å². The zero-order chi connectivity index (χ0) is 11.4. The number of hydrogen-bond donors (Lipinski definition) is 2. The molecule has 5 heteroatoms. The number of carbonyl (C=O) groups is 1. The molecule has 0 saturated carbocycles. The summed E-state index contributed by atoms with van der Waals surface area (Å²) >= 11 is 0. The number of carbonyl (C=O) groups excluding carboxylic acids is 1. The lowest BCUT2D eigenvalue weighted by Gasteiger charge is -2.33. The lowest BCUT2D eigenvalue weighted by Crippen LogP contribution is -2.48. The number of likely N-dealkylation sites (N-methyl/N-ethyl adjacent to an activating group) is 1. The van der Waals surface area contributed by atoms with E-state index in [0.29, 0.717) is 11.6 Å². The topological polar surface area (TPSA) is 61.0 Å². The first-order chi connectivity index (χ1) is 7.83. The van der Waals surface area contributed by atoms with Crippen molar-refractivity contribution in [1.29, 1.82) is 0 Å². The number of nitrogens with one attached hydrogen (secondary N) is 2. The van der Waals surface area contributed by atoms with Gasteiger partial charge in [-0.3, -0.25) is 9.89 Å². The Morgan fingerprint density at radius 3 is 3.12 bits per heavy atom. The number of rotatable bonds is 3. The summed E-state index contributed by atoms with van der Waals surface area (Å²) in [5.41, 5.74) is 0.646. The Balaban J connectivity index is 2.06. The zero-order valence-corrected chi connectivity index (χ0v) is 9.57. The summed E-state index contributed by atoms with van der Waals surface area (Å²) in [4.78, 5) is 14.1. The molecule has 0 bridgehead atoms. The minimum Gasteiger partial charge on any atom is -0.335 e. The van der Waals surface area contributed by atoms with Gasteiger partial charge in [0.2, 0.25) is 0 Å². The van der Waals surface area contributed by atoms with Crippen molar-refractivity contribution < 1.29 is 4.79 Å². The minimum absolute atomic E-state index is 0.0740. The number of hydrogen-bond acceptors (Lipinski definition) is 3. The number of piperidine rings is 1. The van der Waals surface area contributed by atoms with Gasteiger partial charge in [0.15, 0.2) is 0 Å². The molecule has 0 aromatic carbocycles. The van der Waals surface area contributed by atoms with Crippen molar-refractivity contribution in [2.45, 2.75) is 25.8 Å². The average molecular weight is 222 g/mol. The van der Waals surface area contributed by atoms with E-state index >= 15 is 0 Å². The number of amides is 1. The Bertz CT molecular complexity index is 330. The average Bonchev–Trinajstić information content (AvgIpc) is 2.85. The van der Waals surface area contributed by atoms with E-state index in [0.717, 1.165) is 32.5 Å². The molecule has 2 N–H and O–H groups in total. The van der Waals surface area contributed by atoms with Crippen LogP contribution in [0.2, 0.25) is 0 Å². The SMILES string of the molecule is CCN(C(=O)c1cn[nH]c1)C1CCCNC1. The zero-order valence-electron chi connectivity index (χ0n) is 9.57. The molecule has 88 valence electrons. The van der Waals surface area contributed by atoms with Gasteiger partial charge >= 0.3 is 0 Å². The molecule has 1 aliphatic rings. The molecule has 1 saturated heterocycles. The van der Waals surface area contributed by atoms with Crippen molar-refractivity contribution in [2.75, 3.05) is 19.6 Å². The van der Waals surface area contributed by atoms with Crippen molar-refractivity contribution in [3.63, 3.8) is 0 Å². The maximum absolute atomic E-state index is 12.2. The Hall–Kier alpha value is -1.36. The second-order valence-corrected chi connectivity index (χ2v) is 4.08. The van der Waals surface area contributed by atoms with E-state index in [1.807, 2.05) is 11.8 Å². The molecule has 1 fully saturated rings. The Labute approximate surface area is 95.2 Å². The Morgan fingerprint density at radius 1 is 1.69 bits per heavy atom. The predicted molar refractivity (Wildman–Crippen MR) is 61.2 cm³/mol. The standard InChI is InChI=1S/C11H18N4O/c1-2-15(10-4-3-5-12-8-10)11(16)9-6-13-14-7-9/h6-7,10,12H,2-5,8H2,1H3,(H,13,14). The molecule has 0 aliphatic carbocycles. The summed E-state index contributed by atoms with van der Waals surface area (Å²) in [6, 6.07) is 0.321. The molecule has 0 radical (unpaired) electrons. The largest absolute Gasteiger partial charge is 0.335 e. The molecule has 1 unspecified atom stereocenters. The van der Waals surface area contributed by atoms with Gasteiger partial charge in [0.05, 0.1) is 11.8 Å². The maximum atomic E-state index is 12.2. The van der Waals surface area contributed by atoms with Crippen LogP contribution in [0, 0.1) is 0 Å². The van der Waals surface area contributed by atoms with Crippen LogP contribution in [0.4, 0.5) is 0 Å². The lowest BCUT2D eigenvalue weighted by molar-refractivity contribution is 0.0662.